The van der Waals surface area contributed by atoms with Crippen LogP contribution in [0.25, 0.3) is 22.2 Å². The van der Waals surface area contributed by atoms with Gasteiger partial charge in [0.05, 0.1) is 29.4 Å². The van der Waals surface area contributed by atoms with E-state index < -0.39 is 5.97 Å². The molecule has 5 rings (SSSR count). The van der Waals surface area contributed by atoms with Gasteiger partial charge < -0.3 is 10.1 Å². The molecule has 4 aromatic rings. The highest BCUT2D eigenvalue weighted by molar-refractivity contribution is 9.10. The van der Waals surface area contributed by atoms with Gasteiger partial charge in [-0.05, 0) is 60.4 Å². The fourth-order valence-corrected chi connectivity index (χ4v) is 6.99. The first-order valence-corrected chi connectivity index (χ1v) is 14.5. The van der Waals surface area contributed by atoms with Crippen LogP contribution in [-0.4, -0.2) is 24.0 Å². The van der Waals surface area contributed by atoms with Crippen LogP contribution in [0, 0.1) is 11.3 Å². The lowest BCUT2D eigenvalue weighted by Crippen LogP contribution is -2.28. The molecular formula is C31H31BrN2O3S. The maximum Gasteiger partial charge on any atom is 0.341 e. The average Bonchev–Trinajstić information content (AvgIpc) is 3.28. The van der Waals surface area contributed by atoms with Crippen LogP contribution >= 0.6 is 27.3 Å². The summed E-state index contributed by atoms with van der Waals surface area (Å²) in [4.78, 5) is 32.7. The van der Waals surface area contributed by atoms with Gasteiger partial charge in [-0.3, -0.25) is 4.79 Å². The minimum atomic E-state index is -0.402. The van der Waals surface area contributed by atoms with Crippen molar-refractivity contribution in [3.8, 4) is 11.3 Å². The van der Waals surface area contributed by atoms with Gasteiger partial charge in [0, 0.05) is 20.3 Å². The van der Waals surface area contributed by atoms with Gasteiger partial charge >= 0.3 is 5.97 Å². The fraction of sp³-hybridized carbons (Fsp3) is 0.323. The predicted molar refractivity (Wildman–Crippen MR) is 158 cm³/mol. The predicted octanol–water partition coefficient (Wildman–Crippen LogP) is 8.31. The Bertz CT molecular complexity index is 1540. The summed E-state index contributed by atoms with van der Waals surface area (Å²) in [6.45, 7) is 6.87. The van der Waals surface area contributed by atoms with E-state index in [1.54, 1.807) is 0 Å². The van der Waals surface area contributed by atoms with E-state index in [4.69, 9.17) is 9.72 Å². The lowest BCUT2D eigenvalue weighted by molar-refractivity contribution is 0.0600. The third-order valence-electron chi connectivity index (χ3n) is 7.98. The van der Waals surface area contributed by atoms with E-state index in [1.165, 1.54) is 23.3 Å². The summed E-state index contributed by atoms with van der Waals surface area (Å²) in [6, 6.07) is 17.3. The number of carbonyl (C=O) groups excluding carboxylic acids is 2. The van der Waals surface area contributed by atoms with Gasteiger partial charge in [-0.2, -0.15) is 0 Å². The minimum absolute atomic E-state index is 0.218. The standard InChI is InChI=1S/C31H31BrN2O3S/c1-5-31(2,3)19-13-14-22-26(16-19)38-29(27(22)30(36)37-4)34-28(35)23-17-25(18-9-8-10-20(32)15-18)33-24-12-7-6-11-21(23)24/h6-12,15,17,19H,5,13-14,16H2,1-4H3,(H,34,35). The number of benzene rings is 2. The SMILES string of the molecule is CCC(C)(C)C1CCc2c(sc(NC(=O)c3cc(-c4cccc(Br)c4)nc4ccccc34)c2C(=O)OC)C1. The Labute approximate surface area is 235 Å². The molecule has 2 heterocycles. The number of ether oxygens (including phenoxy) is 1. The lowest BCUT2D eigenvalue weighted by atomic mass is 9.69. The second-order valence-corrected chi connectivity index (χ2v) is 12.5. The molecule has 0 saturated carbocycles. The average molecular weight is 592 g/mol. The summed E-state index contributed by atoms with van der Waals surface area (Å²) in [7, 11) is 1.39. The van der Waals surface area contributed by atoms with Gasteiger partial charge in [0.15, 0.2) is 0 Å². The molecule has 1 amide bonds. The number of para-hydroxylation sites is 1. The highest BCUT2D eigenvalue weighted by Crippen LogP contribution is 2.46. The van der Waals surface area contributed by atoms with Gasteiger partial charge in [0.25, 0.3) is 5.91 Å². The molecule has 0 radical (unpaired) electrons. The maximum absolute atomic E-state index is 13.8. The van der Waals surface area contributed by atoms with Crippen molar-refractivity contribution in [1.29, 1.82) is 0 Å². The molecule has 1 atom stereocenters. The van der Waals surface area contributed by atoms with E-state index in [0.29, 0.717) is 27.7 Å². The zero-order valence-electron chi connectivity index (χ0n) is 22.1. The number of thiophene rings is 1. The van der Waals surface area contributed by atoms with Crippen LogP contribution in [0.1, 0.15) is 64.8 Å². The largest absolute Gasteiger partial charge is 0.465 e. The zero-order chi connectivity index (χ0) is 27.0. The van der Waals surface area contributed by atoms with Crippen molar-refractivity contribution in [2.45, 2.75) is 46.5 Å². The van der Waals surface area contributed by atoms with Crippen molar-refractivity contribution in [1.82, 2.24) is 4.98 Å². The molecule has 1 aliphatic rings. The van der Waals surface area contributed by atoms with E-state index in [2.05, 4.69) is 42.0 Å². The first-order valence-electron chi connectivity index (χ1n) is 12.9. The number of hydrogen-bond acceptors (Lipinski definition) is 5. The molecular weight excluding hydrogens is 560 g/mol. The third-order valence-corrected chi connectivity index (χ3v) is 9.64. The number of aromatic nitrogens is 1. The van der Waals surface area contributed by atoms with E-state index in [0.717, 1.165) is 52.2 Å². The number of pyridine rings is 1. The Hall–Kier alpha value is -3.03. The topological polar surface area (TPSA) is 68.3 Å². The molecule has 5 nitrogen and oxygen atoms in total. The van der Waals surface area contributed by atoms with Gasteiger partial charge in [-0.25, -0.2) is 9.78 Å². The summed E-state index contributed by atoms with van der Waals surface area (Å²) < 4.78 is 6.10. The monoisotopic (exact) mass is 590 g/mol. The molecule has 0 aliphatic heterocycles. The molecule has 0 bridgehead atoms. The molecule has 0 spiro atoms. The molecule has 0 fully saturated rings. The van der Waals surface area contributed by atoms with E-state index >= 15 is 0 Å². The Balaban J connectivity index is 1.55. The number of methoxy groups -OCH3 is 1. The Kier molecular flexibility index (Phi) is 7.43. The number of anilines is 1. The van der Waals surface area contributed by atoms with Gasteiger partial charge in [0.1, 0.15) is 5.00 Å². The Morgan fingerprint density at radius 2 is 1.95 bits per heavy atom. The summed E-state index contributed by atoms with van der Waals surface area (Å²) in [6.07, 6.45) is 3.84. The van der Waals surface area contributed by atoms with E-state index in [1.807, 2.05) is 54.6 Å². The lowest BCUT2D eigenvalue weighted by Gasteiger charge is -2.36. The van der Waals surface area contributed by atoms with E-state index in [9.17, 15) is 9.59 Å². The van der Waals surface area contributed by atoms with Crippen LogP contribution in [0.15, 0.2) is 59.1 Å². The van der Waals surface area contributed by atoms with Crippen LogP contribution in [0.3, 0.4) is 0 Å². The number of nitrogens with one attached hydrogen (secondary N) is 1. The molecule has 7 heteroatoms. The zero-order valence-corrected chi connectivity index (χ0v) is 24.5. The molecule has 0 saturated heterocycles. The number of halogens is 1. The van der Waals surface area contributed by atoms with Gasteiger partial charge in [-0.15, -0.1) is 11.3 Å². The molecule has 2 aromatic carbocycles. The van der Waals surface area contributed by atoms with Gasteiger partial charge in [0.2, 0.25) is 0 Å². The number of rotatable bonds is 6. The summed E-state index contributed by atoms with van der Waals surface area (Å²) >= 11 is 5.04. The third kappa shape index (κ3) is 5.02. The highest BCUT2D eigenvalue weighted by atomic mass is 79.9. The summed E-state index contributed by atoms with van der Waals surface area (Å²) in [5, 5.41) is 4.41. The van der Waals surface area contributed by atoms with Crippen molar-refractivity contribution in [2.75, 3.05) is 12.4 Å². The second kappa shape index (κ2) is 10.6. The van der Waals surface area contributed by atoms with Crippen molar-refractivity contribution >= 4 is 55.0 Å². The normalized spacial score (nSPS) is 15.2. The molecule has 1 aliphatic carbocycles. The van der Waals surface area contributed by atoms with Crippen LogP contribution in [0.2, 0.25) is 0 Å². The van der Waals surface area contributed by atoms with Crippen LogP contribution < -0.4 is 5.32 Å². The number of amides is 1. The maximum atomic E-state index is 13.8. The molecule has 196 valence electrons. The number of carbonyl (C=O) groups is 2. The van der Waals surface area contributed by atoms with Crippen LogP contribution in [0.5, 0.6) is 0 Å². The molecule has 1 N–H and O–H groups in total. The number of hydrogen-bond donors (Lipinski definition) is 1. The van der Waals surface area contributed by atoms with Gasteiger partial charge in [-0.1, -0.05) is 73.5 Å². The van der Waals surface area contributed by atoms with Crippen molar-refractivity contribution in [3.05, 3.63) is 80.6 Å². The molecule has 2 aromatic heterocycles. The first-order chi connectivity index (χ1) is 18.2. The summed E-state index contributed by atoms with van der Waals surface area (Å²) in [5.41, 5.74) is 4.60. The molecule has 38 heavy (non-hydrogen) atoms. The van der Waals surface area contributed by atoms with Crippen molar-refractivity contribution < 1.29 is 14.3 Å². The number of nitrogens with zero attached hydrogens (tertiary/aromatic N) is 1. The number of fused-ring (bicyclic) bond motifs is 2. The second-order valence-electron chi connectivity index (χ2n) is 10.5. The van der Waals surface area contributed by atoms with Crippen molar-refractivity contribution in [3.63, 3.8) is 0 Å². The summed E-state index contributed by atoms with van der Waals surface area (Å²) in [5.74, 6) is -0.140. The molecule has 1 unspecified atom stereocenters. The Morgan fingerprint density at radius 3 is 2.68 bits per heavy atom. The van der Waals surface area contributed by atoms with Crippen molar-refractivity contribution in [2.24, 2.45) is 11.3 Å². The Morgan fingerprint density at radius 1 is 1.16 bits per heavy atom. The van der Waals surface area contributed by atoms with Crippen LogP contribution in [-0.2, 0) is 17.6 Å². The van der Waals surface area contributed by atoms with Crippen LogP contribution in [0.4, 0.5) is 5.00 Å². The minimum Gasteiger partial charge on any atom is -0.465 e. The highest BCUT2D eigenvalue weighted by Gasteiger charge is 2.35. The smallest absolute Gasteiger partial charge is 0.341 e. The first kappa shape index (κ1) is 26.6. The quantitative estimate of drug-likeness (QED) is 0.229. The number of esters is 1. The van der Waals surface area contributed by atoms with E-state index in [-0.39, 0.29) is 11.3 Å². The fourth-order valence-electron chi connectivity index (χ4n) is 5.28.